The number of carbonyl (C=O) groups excluding carboxylic acids is 1. The van der Waals surface area contributed by atoms with Gasteiger partial charge in [0.05, 0.1) is 13.2 Å². The third-order valence-corrected chi connectivity index (χ3v) is 4.85. The van der Waals surface area contributed by atoms with E-state index in [2.05, 4.69) is 18.7 Å². The molecule has 2 atom stereocenters. The number of carbonyl (C=O) groups is 1. The van der Waals surface area contributed by atoms with Crippen LogP contribution in [0.25, 0.3) is 0 Å². The fourth-order valence-electron chi connectivity index (χ4n) is 3.48. The fraction of sp³-hybridized carbons (Fsp3) is 0.650. The van der Waals surface area contributed by atoms with Crippen molar-refractivity contribution in [1.82, 2.24) is 4.90 Å². The molecule has 0 bridgehead atoms. The summed E-state index contributed by atoms with van der Waals surface area (Å²) in [6.07, 6.45) is 7.00. The molecule has 1 aliphatic rings. The van der Waals surface area contributed by atoms with Gasteiger partial charge in [-0.3, -0.25) is 9.69 Å². The van der Waals surface area contributed by atoms with Crippen LogP contribution in [0.5, 0.6) is 11.5 Å². The molecule has 0 spiro atoms. The third kappa shape index (κ3) is 5.23. The van der Waals surface area contributed by atoms with Crippen LogP contribution in [0.1, 0.15) is 63.2 Å². The summed E-state index contributed by atoms with van der Waals surface area (Å²) in [7, 11) is 0. The van der Waals surface area contributed by atoms with E-state index >= 15 is 0 Å². The third-order valence-electron chi connectivity index (χ3n) is 4.85. The van der Waals surface area contributed by atoms with Gasteiger partial charge in [0.15, 0.2) is 11.5 Å². The number of hydrogen-bond acceptors (Lipinski definition) is 4. The summed E-state index contributed by atoms with van der Waals surface area (Å²) in [5.74, 6) is 1.38. The lowest BCUT2D eigenvalue weighted by Gasteiger charge is -2.39. The highest BCUT2D eigenvalue weighted by atomic mass is 16.5. The topological polar surface area (TPSA) is 38.8 Å². The van der Waals surface area contributed by atoms with Crippen LogP contribution in [-0.2, 0) is 0 Å². The molecule has 1 aliphatic heterocycles. The van der Waals surface area contributed by atoms with E-state index < -0.39 is 0 Å². The van der Waals surface area contributed by atoms with Crippen molar-refractivity contribution < 1.29 is 14.3 Å². The minimum absolute atomic E-state index is 0.559. The zero-order valence-corrected chi connectivity index (χ0v) is 15.3. The van der Waals surface area contributed by atoms with Crippen LogP contribution < -0.4 is 9.47 Å². The SMILES string of the molecule is CCOc1cc(C=O)ccc1OCCCCN1C(C)CCCC1C. The highest BCUT2D eigenvalue weighted by Crippen LogP contribution is 2.28. The molecule has 2 unspecified atom stereocenters. The van der Waals surface area contributed by atoms with Crippen molar-refractivity contribution in [3.63, 3.8) is 0 Å². The molecule has 0 saturated carbocycles. The van der Waals surface area contributed by atoms with Crippen molar-refractivity contribution >= 4 is 6.29 Å². The summed E-state index contributed by atoms with van der Waals surface area (Å²) >= 11 is 0. The predicted molar refractivity (Wildman–Crippen MR) is 97.2 cm³/mol. The molecule has 0 radical (unpaired) electrons. The zero-order chi connectivity index (χ0) is 17.4. The molecule has 134 valence electrons. The van der Waals surface area contributed by atoms with Crippen molar-refractivity contribution in [2.24, 2.45) is 0 Å². The maximum atomic E-state index is 10.9. The molecule has 1 aromatic rings. The molecule has 0 amide bonds. The van der Waals surface area contributed by atoms with Crippen LogP contribution in [-0.4, -0.2) is 43.0 Å². The molecule has 0 N–H and O–H groups in total. The Hall–Kier alpha value is -1.55. The van der Waals surface area contributed by atoms with Crippen molar-refractivity contribution in [1.29, 1.82) is 0 Å². The summed E-state index contributed by atoms with van der Waals surface area (Å²) in [5.41, 5.74) is 0.610. The van der Waals surface area contributed by atoms with Crippen molar-refractivity contribution in [3.8, 4) is 11.5 Å². The summed E-state index contributed by atoms with van der Waals surface area (Å²) in [4.78, 5) is 13.5. The minimum Gasteiger partial charge on any atom is -0.490 e. The fourth-order valence-corrected chi connectivity index (χ4v) is 3.48. The number of benzene rings is 1. The zero-order valence-electron chi connectivity index (χ0n) is 15.3. The van der Waals surface area contributed by atoms with Crippen LogP contribution in [0.3, 0.4) is 0 Å². The molecule has 24 heavy (non-hydrogen) atoms. The summed E-state index contributed by atoms with van der Waals surface area (Å²) in [6, 6.07) is 6.74. The van der Waals surface area contributed by atoms with Crippen LogP contribution in [0.4, 0.5) is 0 Å². The molecule has 1 saturated heterocycles. The second-order valence-electron chi connectivity index (χ2n) is 6.68. The molecule has 1 heterocycles. The summed E-state index contributed by atoms with van der Waals surface area (Å²) in [5, 5.41) is 0. The molecule has 4 heteroatoms. The smallest absolute Gasteiger partial charge is 0.161 e. The van der Waals surface area contributed by atoms with E-state index in [0.29, 0.717) is 36.6 Å². The Morgan fingerprint density at radius 3 is 2.54 bits per heavy atom. The Kier molecular flexibility index (Phi) is 7.57. The van der Waals surface area contributed by atoms with Gasteiger partial charge in [-0.05, 0) is 71.2 Å². The normalized spacial score (nSPS) is 21.5. The lowest BCUT2D eigenvalue weighted by Crippen LogP contribution is -2.44. The molecule has 0 aromatic heterocycles. The molecule has 1 fully saturated rings. The second-order valence-corrected chi connectivity index (χ2v) is 6.68. The van der Waals surface area contributed by atoms with E-state index in [1.807, 2.05) is 13.0 Å². The molecule has 2 rings (SSSR count). The first-order chi connectivity index (χ1) is 11.7. The van der Waals surface area contributed by atoms with Gasteiger partial charge in [0.2, 0.25) is 0 Å². The van der Waals surface area contributed by atoms with Crippen LogP contribution in [0, 0.1) is 0 Å². The van der Waals surface area contributed by atoms with E-state index in [1.165, 1.54) is 19.3 Å². The number of likely N-dealkylation sites (tertiary alicyclic amines) is 1. The average molecular weight is 333 g/mol. The monoisotopic (exact) mass is 333 g/mol. The number of nitrogens with zero attached hydrogens (tertiary/aromatic N) is 1. The van der Waals surface area contributed by atoms with Gasteiger partial charge in [0.1, 0.15) is 6.29 Å². The molecular weight excluding hydrogens is 302 g/mol. The van der Waals surface area contributed by atoms with Crippen molar-refractivity contribution in [2.45, 2.75) is 65.0 Å². The van der Waals surface area contributed by atoms with Crippen molar-refractivity contribution in [3.05, 3.63) is 23.8 Å². The van der Waals surface area contributed by atoms with Gasteiger partial charge >= 0.3 is 0 Å². The Balaban J connectivity index is 1.76. The lowest BCUT2D eigenvalue weighted by molar-refractivity contribution is 0.0995. The number of rotatable bonds is 9. The largest absolute Gasteiger partial charge is 0.490 e. The maximum Gasteiger partial charge on any atom is 0.161 e. The van der Waals surface area contributed by atoms with E-state index in [-0.39, 0.29) is 0 Å². The van der Waals surface area contributed by atoms with Crippen LogP contribution in [0.2, 0.25) is 0 Å². The standard InChI is InChI=1S/C20H31NO3/c1-4-23-20-14-18(15-22)10-11-19(20)24-13-6-5-12-21-16(2)8-7-9-17(21)3/h10-11,14-17H,4-9,12-13H2,1-3H3. The van der Waals surface area contributed by atoms with Crippen molar-refractivity contribution in [2.75, 3.05) is 19.8 Å². The average Bonchev–Trinajstić information content (AvgIpc) is 2.58. The van der Waals surface area contributed by atoms with E-state index in [1.54, 1.807) is 12.1 Å². The van der Waals surface area contributed by atoms with Crippen LogP contribution in [0.15, 0.2) is 18.2 Å². The van der Waals surface area contributed by atoms with E-state index in [9.17, 15) is 4.79 Å². The molecular formula is C20H31NO3. The number of piperidine rings is 1. The first kappa shape index (κ1) is 18.8. The van der Waals surface area contributed by atoms with Gasteiger partial charge in [-0.1, -0.05) is 6.42 Å². The predicted octanol–water partition coefficient (Wildman–Crippen LogP) is 4.32. The Labute approximate surface area is 146 Å². The van der Waals surface area contributed by atoms with Gasteiger partial charge in [-0.25, -0.2) is 0 Å². The summed E-state index contributed by atoms with van der Waals surface area (Å²) in [6.45, 7) is 9.00. The molecule has 1 aromatic carbocycles. The summed E-state index contributed by atoms with van der Waals surface area (Å²) < 4.78 is 11.4. The highest BCUT2D eigenvalue weighted by molar-refractivity contribution is 5.76. The Morgan fingerprint density at radius 2 is 1.88 bits per heavy atom. The number of ether oxygens (including phenoxy) is 2. The Bertz CT molecular complexity index is 508. The van der Waals surface area contributed by atoms with Gasteiger partial charge in [0.25, 0.3) is 0 Å². The molecule has 4 nitrogen and oxygen atoms in total. The lowest BCUT2D eigenvalue weighted by atomic mass is 9.97. The van der Waals surface area contributed by atoms with E-state index in [4.69, 9.17) is 9.47 Å². The highest BCUT2D eigenvalue weighted by Gasteiger charge is 2.23. The minimum atomic E-state index is 0.559. The van der Waals surface area contributed by atoms with Gasteiger partial charge in [-0.2, -0.15) is 0 Å². The Morgan fingerprint density at radius 1 is 1.12 bits per heavy atom. The quantitative estimate of drug-likeness (QED) is 0.498. The first-order valence-corrected chi connectivity index (χ1v) is 9.26. The van der Waals surface area contributed by atoms with Gasteiger partial charge < -0.3 is 9.47 Å². The van der Waals surface area contributed by atoms with Gasteiger partial charge in [0, 0.05) is 17.6 Å². The second kappa shape index (κ2) is 9.67. The van der Waals surface area contributed by atoms with E-state index in [0.717, 1.165) is 31.4 Å². The molecule has 0 aliphatic carbocycles. The number of aldehydes is 1. The van der Waals surface area contributed by atoms with Gasteiger partial charge in [-0.15, -0.1) is 0 Å². The maximum absolute atomic E-state index is 10.9. The number of unbranched alkanes of at least 4 members (excludes halogenated alkanes) is 1. The number of hydrogen-bond donors (Lipinski definition) is 0. The first-order valence-electron chi connectivity index (χ1n) is 9.26. The van der Waals surface area contributed by atoms with Crippen LogP contribution >= 0.6 is 0 Å².